The zero-order valence-corrected chi connectivity index (χ0v) is 14.4. The highest BCUT2D eigenvalue weighted by Gasteiger charge is 2.06. The highest BCUT2D eigenvalue weighted by molar-refractivity contribution is 7.14. The minimum absolute atomic E-state index is 0.551. The number of rotatable bonds is 5. The molecule has 0 spiro atoms. The summed E-state index contributed by atoms with van der Waals surface area (Å²) in [5.74, 6) is 0. The van der Waals surface area contributed by atoms with Crippen LogP contribution in [0.5, 0.6) is 0 Å². The predicted octanol–water partition coefficient (Wildman–Crippen LogP) is 5.02. The van der Waals surface area contributed by atoms with Gasteiger partial charge in [0, 0.05) is 17.0 Å². The number of nitrogens with two attached hydrogens (primary N) is 1. The molecule has 2 aromatic heterocycles. The van der Waals surface area contributed by atoms with Gasteiger partial charge in [-0.05, 0) is 26.3 Å². The van der Waals surface area contributed by atoms with Gasteiger partial charge < -0.3 is 5.73 Å². The normalized spacial score (nSPS) is 12.4. The molecule has 0 unspecified atom stereocenters. The van der Waals surface area contributed by atoms with Crippen molar-refractivity contribution in [3.63, 3.8) is 0 Å². The fourth-order valence-corrected chi connectivity index (χ4v) is 2.71. The summed E-state index contributed by atoms with van der Waals surface area (Å²) in [4.78, 5) is 13.0. The number of hydrogen-bond acceptors (Lipinski definition) is 6. The van der Waals surface area contributed by atoms with Crippen molar-refractivity contribution in [3.8, 4) is 11.4 Å². The van der Waals surface area contributed by atoms with Gasteiger partial charge in [-0.3, -0.25) is 0 Å². The molecule has 2 aromatic rings. The molecule has 0 radical (unpaired) electrons. The minimum Gasteiger partial charge on any atom is -0.375 e. The number of nitrogen functional groups attached to an aromatic ring is 1. The van der Waals surface area contributed by atoms with Gasteiger partial charge in [0.1, 0.15) is 11.4 Å². The van der Waals surface area contributed by atoms with E-state index in [1.807, 2.05) is 42.1 Å². The van der Waals surface area contributed by atoms with Crippen LogP contribution in [-0.2, 0) is 0 Å². The van der Waals surface area contributed by atoms with Gasteiger partial charge in [-0.25, -0.2) is 15.0 Å². The van der Waals surface area contributed by atoms with Gasteiger partial charge in [0.25, 0.3) is 0 Å². The summed E-state index contributed by atoms with van der Waals surface area (Å²) in [5, 5.41) is 5.10. The summed E-state index contributed by atoms with van der Waals surface area (Å²) in [7, 11) is 0. The van der Waals surface area contributed by atoms with Crippen LogP contribution in [0.2, 0.25) is 0 Å². The van der Waals surface area contributed by atoms with Crippen molar-refractivity contribution in [3.05, 3.63) is 46.2 Å². The van der Waals surface area contributed by atoms with E-state index in [2.05, 4.69) is 34.9 Å². The van der Waals surface area contributed by atoms with Gasteiger partial charge in [0.2, 0.25) is 5.13 Å². The Morgan fingerprint density at radius 3 is 2.41 bits per heavy atom. The molecule has 0 aliphatic heterocycles. The largest absolute Gasteiger partial charge is 0.375 e. The number of aromatic nitrogens is 2. The second-order valence-corrected chi connectivity index (χ2v) is 6.61. The molecule has 0 saturated heterocycles. The van der Waals surface area contributed by atoms with Gasteiger partial charge >= 0.3 is 0 Å². The van der Waals surface area contributed by atoms with Crippen LogP contribution in [0, 0.1) is 0 Å². The van der Waals surface area contributed by atoms with E-state index in [1.165, 1.54) is 28.2 Å². The number of hydrogen-bond donors (Lipinski definition) is 1. The molecule has 0 aliphatic carbocycles. The quantitative estimate of drug-likeness (QED) is 0.618. The maximum Gasteiger partial charge on any atom is 0.209 e. The van der Waals surface area contributed by atoms with Crippen molar-refractivity contribution in [2.75, 3.05) is 5.73 Å². The Hall–Kier alpha value is -2.05. The lowest BCUT2D eigenvalue weighted by molar-refractivity contribution is 1.31. The number of nitrogens with zero attached hydrogens (tertiary/aromatic N) is 3. The van der Waals surface area contributed by atoms with Crippen LogP contribution < -0.4 is 5.73 Å². The Bertz CT molecular complexity index is 744. The number of aliphatic imine (C=N–C) groups is 1. The summed E-state index contributed by atoms with van der Waals surface area (Å²) >= 11 is 2.90. The molecule has 2 heterocycles. The molecule has 0 bridgehead atoms. The third kappa shape index (κ3) is 5.05. The molecule has 0 aromatic carbocycles. The second kappa shape index (κ2) is 7.82. The maximum atomic E-state index is 5.63. The molecular formula is C16H18N4S2. The predicted molar refractivity (Wildman–Crippen MR) is 98.1 cm³/mol. The summed E-state index contributed by atoms with van der Waals surface area (Å²) in [6, 6.07) is 0. The molecule has 0 fully saturated rings. The number of anilines is 1. The van der Waals surface area contributed by atoms with E-state index < -0.39 is 0 Å². The summed E-state index contributed by atoms with van der Waals surface area (Å²) < 4.78 is 0. The van der Waals surface area contributed by atoms with Crippen molar-refractivity contribution < 1.29 is 0 Å². The zero-order valence-electron chi connectivity index (χ0n) is 12.8. The molecule has 114 valence electrons. The molecule has 22 heavy (non-hydrogen) atoms. The average Bonchev–Trinajstić information content (AvgIpc) is 3.10. The fraction of sp³-hybridized carbons (Fsp3) is 0.188. The first-order valence-corrected chi connectivity index (χ1v) is 8.50. The second-order valence-electron chi connectivity index (χ2n) is 4.88. The van der Waals surface area contributed by atoms with Crippen molar-refractivity contribution in [1.29, 1.82) is 0 Å². The fourth-order valence-electron chi connectivity index (χ4n) is 1.50. The molecule has 4 nitrogen and oxygen atoms in total. The van der Waals surface area contributed by atoms with E-state index >= 15 is 0 Å². The van der Waals surface area contributed by atoms with Gasteiger partial charge in [-0.15, -0.1) is 22.7 Å². The van der Waals surface area contributed by atoms with E-state index in [4.69, 9.17) is 5.73 Å². The summed E-state index contributed by atoms with van der Waals surface area (Å²) in [5.41, 5.74) is 9.59. The maximum absolute atomic E-state index is 5.63. The monoisotopic (exact) mass is 330 g/mol. The molecule has 2 rings (SSSR count). The smallest absolute Gasteiger partial charge is 0.209 e. The highest BCUT2D eigenvalue weighted by atomic mass is 32.1. The van der Waals surface area contributed by atoms with Crippen molar-refractivity contribution in [2.24, 2.45) is 4.99 Å². The first-order valence-electron chi connectivity index (χ1n) is 6.74. The number of thiazole rings is 2. The third-order valence-corrected chi connectivity index (χ3v) is 3.98. The Morgan fingerprint density at radius 2 is 1.73 bits per heavy atom. The van der Waals surface area contributed by atoms with Crippen molar-refractivity contribution in [2.45, 2.75) is 20.8 Å². The lowest BCUT2D eigenvalue weighted by atomic mass is 10.2. The topological polar surface area (TPSA) is 64.2 Å². The Balaban J connectivity index is 2.01. The molecule has 0 saturated carbocycles. The molecular weight excluding hydrogens is 312 g/mol. The van der Waals surface area contributed by atoms with Crippen LogP contribution in [0.15, 0.2) is 51.2 Å². The first-order chi connectivity index (χ1) is 10.5. The van der Waals surface area contributed by atoms with Crippen LogP contribution >= 0.6 is 22.7 Å². The SMILES string of the molecule is CC(C)=C/C=C/C=C(C)/C=N/c1nc(-c2csc(N)n2)cs1. The highest BCUT2D eigenvalue weighted by Crippen LogP contribution is 2.28. The van der Waals surface area contributed by atoms with Crippen LogP contribution in [0.25, 0.3) is 11.4 Å². The zero-order chi connectivity index (χ0) is 15.9. The van der Waals surface area contributed by atoms with E-state index in [1.54, 1.807) is 0 Å². The standard InChI is InChI=1S/C16H18N4S2/c1-11(2)6-4-5-7-12(3)8-18-16-20-14(10-22-16)13-9-21-15(17)19-13/h4-10H,1-3H3,(H2,17,19)/b5-4+,12-7+,18-8+. The molecule has 6 heteroatoms. The van der Waals surface area contributed by atoms with E-state index in [-0.39, 0.29) is 0 Å². The Morgan fingerprint density at radius 1 is 1.05 bits per heavy atom. The summed E-state index contributed by atoms with van der Waals surface area (Å²) in [6.07, 6.45) is 9.90. The van der Waals surface area contributed by atoms with Crippen LogP contribution in [-0.4, -0.2) is 16.2 Å². The average molecular weight is 330 g/mol. The van der Waals surface area contributed by atoms with Gasteiger partial charge in [0.05, 0.1) is 0 Å². The van der Waals surface area contributed by atoms with E-state index in [0.717, 1.165) is 17.0 Å². The van der Waals surface area contributed by atoms with Crippen LogP contribution in [0.1, 0.15) is 20.8 Å². The molecule has 0 aliphatic rings. The van der Waals surface area contributed by atoms with Gasteiger partial charge in [-0.1, -0.05) is 29.9 Å². The summed E-state index contributed by atoms with van der Waals surface area (Å²) in [6.45, 7) is 6.14. The van der Waals surface area contributed by atoms with E-state index in [9.17, 15) is 0 Å². The third-order valence-electron chi connectivity index (χ3n) is 2.55. The van der Waals surface area contributed by atoms with Crippen molar-refractivity contribution in [1.82, 2.24) is 9.97 Å². The Labute approximate surface area is 138 Å². The lowest BCUT2D eigenvalue weighted by Crippen LogP contribution is -1.82. The lowest BCUT2D eigenvalue weighted by Gasteiger charge is -1.88. The van der Waals surface area contributed by atoms with Crippen LogP contribution in [0.3, 0.4) is 0 Å². The minimum atomic E-state index is 0.551. The van der Waals surface area contributed by atoms with Gasteiger partial charge in [-0.2, -0.15) is 0 Å². The first kappa shape index (κ1) is 16.3. The van der Waals surface area contributed by atoms with Gasteiger partial charge in [0.15, 0.2) is 5.13 Å². The van der Waals surface area contributed by atoms with Crippen molar-refractivity contribution >= 4 is 39.2 Å². The van der Waals surface area contributed by atoms with E-state index in [0.29, 0.717) is 10.3 Å². The molecule has 2 N–H and O–H groups in total. The molecule has 0 amide bonds. The molecule has 0 atom stereocenters. The Kier molecular flexibility index (Phi) is 5.80. The van der Waals surface area contributed by atoms with Crippen LogP contribution in [0.4, 0.5) is 10.3 Å². The number of allylic oxidation sites excluding steroid dienone is 6.